The Hall–Kier alpha value is -1.68. The molecule has 0 amide bonds. The fraction of sp³-hybridized carbons (Fsp3) is 0.438. The van der Waals surface area contributed by atoms with E-state index in [9.17, 15) is 0 Å². The molecule has 0 atom stereocenters. The van der Waals surface area contributed by atoms with E-state index in [1.54, 1.807) is 0 Å². The van der Waals surface area contributed by atoms with Crippen LogP contribution in [0.4, 0.5) is 0 Å². The van der Waals surface area contributed by atoms with Crippen LogP contribution in [0.1, 0.15) is 32.8 Å². The molecule has 0 fully saturated rings. The monoisotopic (exact) mass is 305 g/mol. The molecule has 0 saturated heterocycles. The molecule has 4 nitrogen and oxygen atoms in total. The highest BCUT2D eigenvalue weighted by Crippen LogP contribution is 2.21. The fourth-order valence-electron chi connectivity index (χ4n) is 2.03. The van der Waals surface area contributed by atoms with E-state index in [2.05, 4.69) is 40.9 Å². The summed E-state index contributed by atoms with van der Waals surface area (Å²) in [6, 6.07) is 8.47. The zero-order chi connectivity index (χ0) is 15.2. The lowest BCUT2D eigenvalue weighted by Crippen LogP contribution is -2.03. The van der Waals surface area contributed by atoms with Crippen molar-refractivity contribution < 1.29 is 4.74 Å². The van der Waals surface area contributed by atoms with Crippen LogP contribution in [0.5, 0.6) is 6.01 Å². The molecule has 0 aliphatic rings. The number of nitrogens with zero attached hydrogens (tertiary/aromatic N) is 3. The third-order valence-electron chi connectivity index (χ3n) is 2.85. The second-order valence-electron chi connectivity index (χ2n) is 5.36. The van der Waals surface area contributed by atoms with Crippen LogP contribution in [0, 0.1) is 5.92 Å². The highest BCUT2D eigenvalue weighted by molar-refractivity contribution is 6.28. The fourth-order valence-corrected chi connectivity index (χ4v) is 2.18. The first kappa shape index (κ1) is 15.7. The van der Waals surface area contributed by atoms with Gasteiger partial charge < -0.3 is 4.74 Å². The number of hydrogen-bond acceptors (Lipinski definition) is 4. The minimum atomic E-state index is 0.153. The third-order valence-corrected chi connectivity index (χ3v) is 3.02. The molecule has 0 aliphatic carbocycles. The molecule has 5 heteroatoms. The largest absolute Gasteiger partial charge is 0.463 e. The van der Waals surface area contributed by atoms with Crippen molar-refractivity contribution in [3.8, 4) is 17.4 Å². The van der Waals surface area contributed by atoms with Crippen LogP contribution in [0.15, 0.2) is 24.3 Å². The average Bonchev–Trinajstić information content (AvgIpc) is 2.44. The van der Waals surface area contributed by atoms with E-state index in [0.717, 1.165) is 18.4 Å². The number of halogens is 1. The van der Waals surface area contributed by atoms with Crippen molar-refractivity contribution in [1.29, 1.82) is 0 Å². The summed E-state index contributed by atoms with van der Waals surface area (Å²) in [5, 5.41) is 0.153. The summed E-state index contributed by atoms with van der Waals surface area (Å²) in [7, 11) is 0. The quantitative estimate of drug-likeness (QED) is 0.803. The van der Waals surface area contributed by atoms with Gasteiger partial charge in [-0.1, -0.05) is 39.0 Å². The van der Waals surface area contributed by atoms with Gasteiger partial charge in [0.25, 0.3) is 0 Å². The molecule has 0 N–H and O–H groups in total. The number of aromatic nitrogens is 3. The van der Waals surface area contributed by atoms with Crippen LogP contribution in [0.2, 0.25) is 5.28 Å². The van der Waals surface area contributed by atoms with E-state index in [-0.39, 0.29) is 11.3 Å². The number of rotatable bonds is 6. The van der Waals surface area contributed by atoms with Gasteiger partial charge in [0.2, 0.25) is 5.28 Å². The topological polar surface area (TPSA) is 47.9 Å². The molecule has 0 aliphatic heterocycles. The Morgan fingerprint density at radius 3 is 2.71 bits per heavy atom. The van der Waals surface area contributed by atoms with E-state index < -0.39 is 0 Å². The Morgan fingerprint density at radius 1 is 1.19 bits per heavy atom. The van der Waals surface area contributed by atoms with Crippen LogP contribution < -0.4 is 4.74 Å². The van der Waals surface area contributed by atoms with Crippen molar-refractivity contribution in [2.24, 2.45) is 5.92 Å². The predicted molar refractivity (Wildman–Crippen MR) is 84.6 cm³/mol. The maximum atomic E-state index is 5.96. The van der Waals surface area contributed by atoms with Gasteiger partial charge in [-0.25, -0.2) is 0 Å². The van der Waals surface area contributed by atoms with Gasteiger partial charge in [-0.15, -0.1) is 0 Å². The number of ether oxygens (including phenoxy) is 1. The Morgan fingerprint density at radius 2 is 2.00 bits per heavy atom. The lowest BCUT2D eigenvalue weighted by molar-refractivity contribution is 0.291. The van der Waals surface area contributed by atoms with Crippen LogP contribution in [-0.2, 0) is 6.42 Å². The third kappa shape index (κ3) is 4.67. The van der Waals surface area contributed by atoms with E-state index in [4.69, 9.17) is 16.3 Å². The summed E-state index contributed by atoms with van der Waals surface area (Å²) in [5.41, 5.74) is 2.19. The summed E-state index contributed by atoms with van der Waals surface area (Å²) in [6.45, 7) is 6.98. The summed E-state index contributed by atoms with van der Waals surface area (Å²) in [5.74, 6) is 1.15. The van der Waals surface area contributed by atoms with Crippen molar-refractivity contribution in [1.82, 2.24) is 15.0 Å². The molecule has 0 spiro atoms. The molecule has 21 heavy (non-hydrogen) atoms. The van der Waals surface area contributed by atoms with Crippen molar-refractivity contribution in [3.05, 3.63) is 35.1 Å². The lowest BCUT2D eigenvalue weighted by atomic mass is 10.0. The van der Waals surface area contributed by atoms with Crippen molar-refractivity contribution in [3.63, 3.8) is 0 Å². The standard InChI is InChI=1S/C16H20ClN3O/c1-4-8-21-16-19-14(18-15(17)20-16)13-7-5-6-12(10-13)9-11(2)3/h5-7,10-11H,4,8-9H2,1-3H3. The van der Waals surface area contributed by atoms with E-state index >= 15 is 0 Å². The molecule has 0 unspecified atom stereocenters. The van der Waals surface area contributed by atoms with Gasteiger partial charge in [0.15, 0.2) is 5.82 Å². The zero-order valence-corrected chi connectivity index (χ0v) is 13.4. The molecule has 2 rings (SSSR count). The van der Waals surface area contributed by atoms with Crippen molar-refractivity contribution in [2.75, 3.05) is 6.61 Å². The Labute approximate surface area is 130 Å². The molecule has 0 radical (unpaired) electrons. The highest BCUT2D eigenvalue weighted by Gasteiger charge is 2.09. The Kier molecular flexibility index (Phi) is 5.51. The van der Waals surface area contributed by atoms with Gasteiger partial charge in [0.1, 0.15) is 0 Å². The predicted octanol–water partition coefficient (Wildman–Crippen LogP) is 4.18. The second-order valence-corrected chi connectivity index (χ2v) is 5.70. The maximum Gasteiger partial charge on any atom is 0.321 e. The van der Waals surface area contributed by atoms with Gasteiger partial charge >= 0.3 is 6.01 Å². The van der Waals surface area contributed by atoms with Crippen molar-refractivity contribution >= 4 is 11.6 Å². The van der Waals surface area contributed by atoms with Gasteiger partial charge in [-0.2, -0.15) is 15.0 Å². The van der Waals surface area contributed by atoms with Gasteiger partial charge in [-0.3, -0.25) is 0 Å². The van der Waals surface area contributed by atoms with Gasteiger partial charge in [0.05, 0.1) is 6.61 Å². The molecule has 1 heterocycles. The summed E-state index contributed by atoms with van der Waals surface area (Å²) >= 11 is 5.96. The maximum absolute atomic E-state index is 5.96. The van der Waals surface area contributed by atoms with Crippen LogP contribution in [0.25, 0.3) is 11.4 Å². The minimum Gasteiger partial charge on any atom is -0.463 e. The molecular weight excluding hydrogens is 286 g/mol. The smallest absolute Gasteiger partial charge is 0.321 e. The summed E-state index contributed by atoms with van der Waals surface area (Å²) in [4.78, 5) is 12.5. The van der Waals surface area contributed by atoms with E-state index in [1.165, 1.54) is 5.56 Å². The molecule has 112 valence electrons. The SMILES string of the molecule is CCCOc1nc(Cl)nc(-c2cccc(CC(C)C)c2)n1. The first-order chi connectivity index (χ1) is 10.1. The summed E-state index contributed by atoms with van der Waals surface area (Å²) < 4.78 is 5.45. The first-order valence-electron chi connectivity index (χ1n) is 7.22. The second kappa shape index (κ2) is 7.36. The highest BCUT2D eigenvalue weighted by atomic mass is 35.5. The van der Waals surface area contributed by atoms with E-state index in [0.29, 0.717) is 18.3 Å². The Balaban J connectivity index is 2.30. The Bertz CT molecular complexity index is 602. The average molecular weight is 306 g/mol. The van der Waals surface area contributed by atoms with Crippen LogP contribution in [-0.4, -0.2) is 21.6 Å². The van der Waals surface area contributed by atoms with Crippen molar-refractivity contribution in [2.45, 2.75) is 33.6 Å². The number of hydrogen-bond donors (Lipinski definition) is 0. The number of benzene rings is 1. The summed E-state index contributed by atoms with van der Waals surface area (Å²) in [6.07, 6.45) is 1.91. The lowest BCUT2D eigenvalue weighted by Gasteiger charge is -2.08. The normalized spacial score (nSPS) is 10.9. The molecule has 0 saturated carbocycles. The van der Waals surface area contributed by atoms with E-state index in [1.807, 2.05) is 19.1 Å². The van der Waals surface area contributed by atoms with Crippen LogP contribution in [0.3, 0.4) is 0 Å². The molecule has 1 aromatic heterocycles. The van der Waals surface area contributed by atoms with Crippen LogP contribution >= 0.6 is 11.6 Å². The molecular formula is C16H20ClN3O. The minimum absolute atomic E-state index is 0.153. The van der Waals surface area contributed by atoms with Gasteiger partial charge in [-0.05, 0) is 42.0 Å². The zero-order valence-electron chi connectivity index (χ0n) is 12.6. The molecule has 0 bridgehead atoms. The molecule has 2 aromatic rings. The first-order valence-corrected chi connectivity index (χ1v) is 7.60. The van der Waals surface area contributed by atoms with Gasteiger partial charge in [0, 0.05) is 5.56 Å². The molecule has 1 aromatic carbocycles.